The van der Waals surface area contributed by atoms with E-state index in [1.165, 1.54) is 12.8 Å². The average Bonchev–Trinajstić information content (AvgIpc) is 2.88. The summed E-state index contributed by atoms with van der Waals surface area (Å²) in [6.45, 7) is 8.77. The van der Waals surface area contributed by atoms with Crippen LogP contribution in [0.4, 0.5) is 5.82 Å². The lowest BCUT2D eigenvalue weighted by atomic mass is 10.2. The van der Waals surface area contributed by atoms with Crippen LogP contribution >= 0.6 is 0 Å². The van der Waals surface area contributed by atoms with Crippen LogP contribution < -0.4 is 10.2 Å². The molecule has 1 N–H and O–H groups in total. The van der Waals surface area contributed by atoms with Crippen LogP contribution in [0.2, 0.25) is 0 Å². The lowest BCUT2D eigenvalue weighted by Crippen LogP contribution is -2.41. The van der Waals surface area contributed by atoms with Gasteiger partial charge in [-0.3, -0.25) is 0 Å². The summed E-state index contributed by atoms with van der Waals surface area (Å²) in [6, 6.07) is 3.19. The number of anilines is 1. The highest BCUT2D eigenvalue weighted by Gasteiger charge is 2.20. The smallest absolute Gasteiger partial charge is 0.132 e. The molecule has 0 bridgehead atoms. The number of rotatable bonds is 5. The second-order valence-corrected chi connectivity index (χ2v) is 5.26. The minimum Gasteiger partial charge on any atom is -0.353 e. The van der Waals surface area contributed by atoms with Crippen LogP contribution in [0.25, 0.3) is 0 Å². The molecular formula is C14H24N4. The first-order valence-corrected chi connectivity index (χ1v) is 7.01. The Morgan fingerprint density at radius 2 is 2.28 bits per heavy atom. The number of nitrogens with one attached hydrogen (secondary N) is 1. The summed E-state index contributed by atoms with van der Waals surface area (Å²) >= 11 is 0. The van der Waals surface area contributed by atoms with Crippen molar-refractivity contribution in [1.29, 1.82) is 0 Å². The SMILES string of the molecule is CCc1cc(N(CC2CCCN2)C(C)C)ncn1. The van der Waals surface area contributed by atoms with Crippen molar-refractivity contribution < 1.29 is 0 Å². The third-order valence-electron chi connectivity index (χ3n) is 3.57. The van der Waals surface area contributed by atoms with Gasteiger partial charge < -0.3 is 10.2 Å². The van der Waals surface area contributed by atoms with E-state index in [0.717, 1.165) is 31.0 Å². The topological polar surface area (TPSA) is 41.0 Å². The predicted molar refractivity (Wildman–Crippen MR) is 74.9 cm³/mol. The molecule has 0 spiro atoms. The third kappa shape index (κ3) is 3.19. The van der Waals surface area contributed by atoms with Crippen LogP contribution in [0.1, 0.15) is 39.3 Å². The minimum absolute atomic E-state index is 0.465. The summed E-state index contributed by atoms with van der Waals surface area (Å²) in [5.74, 6) is 1.06. The summed E-state index contributed by atoms with van der Waals surface area (Å²) in [7, 11) is 0. The molecule has 2 rings (SSSR count). The van der Waals surface area contributed by atoms with Gasteiger partial charge in [0.1, 0.15) is 12.1 Å². The molecule has 0 aliphatic carbocycles. The van der Waals surface area contributed by atoms with Crippen molar-refractivity contribution in [2.45, 2.75) is 52.1 Å². The largest absolute Gasteiger partial charge is 0.353 e. The van der Waals surface area contributed by atoms with Crippen molar-refractivity contribution in [3.05, 3.63) is 18.1 Å². The van der Waals surface area contributed by atoms with Gasteiger partial charge in [0.15, 0.2) is 0 Å². The summed E-state index contributed by atoms with van der Waals surface area (Å²) in [6.07, 6.45) is 5.21. The van der Waals surface area contributed by atoms with Crippen LogP contribution in [-0.4, -0.2) is 35.1 Å². The number of nitrogens with zero attached hydrogens (tertiary/aromatic N) is 3. The molecule has 18 heavy (non-hydrogen) atoms. The normalized spacial score (nSPS) is 19.4. The van der Waals surface area contributed by atoms with Gasteiger partial charge in [0.05, 0.1) is 0 Å². The van der Waals surface area contributed by atoms with Crippen LogP contribution in [-0.2, 0) is 6.42 Å². The molecule has 0 radical (unpaired) electrons. The Hall–Kier alpha value is -1.16. The average molecular weight is 248 g/mol. The van der Waals surface area contributed by atoms with E-state index in [1.54, 1.807) is 6.33 Å². The fourth-order valence-electron chi connectivity index (χ4n) is 2.46. The molecule has 1 aliphatic heterocycles. The highest BCUT2D eigenvalue weighted by atomic mass is 15.2. The van der Waals surface area contributed by atoms with E-state index in [1.807, 2.05) is 0 Å². The lowest BCUT2D eigenvalue weighted by Gasteiger charge is -2.30. The van der Waals surface area contributed by atoms with Crippen molar-refractivity contribution in [3.8, 4) is 0 Å². The maximum absolute atomic E-state index is 4.44. The Bertz CT molecular complexity index is 372. The van der Waals surface area contributed by atoms with E-state index in [4.69, 9.17) is 0 Å². The second kappa shape index (κ2) is 6.14. The molecule has 1 unspecified atom stereocenters. The summed E-state index contributed by atoms with van der Waals surface area (Å²) < 4.78 is 0. The first-order valence-electron chi connectivity index (χ1n) is 7.01. The first-order chi connectivity index (χ1) is 8.70. The molecule has 1 fully saturated rings. The molecule has 0 amide bonds. The standard InChI is InChI=1S/C14H24N4/c1-4-12-8-14(17-10-16-12)18(11(2)3)9-13-6-5-7-15-13/h8,10-11,13,15H,4-7,9H2,1-3H3. The Morgan fingerprint density at radius 3 is 2.89 bits per heavy atom. The molecule has 1 aromatic heterocycles. The van der Waals surface area contributed by atoms with Gasteiger partial charge in [-0.25, -0.2) is 9.97 Å². The Balaban J connectivity index is 2.12. The number of aryl methyl sites for hydroxylation is 1. The van der Waals surface area contributed by atoms with Crippen LogP contribution in [0.5, 0.6) is 0 Å². The highest BCUT2D eigenvalue weighted by molar-refractivity contribution is 5.40. The van der Waals surface area contributed by atoms with Gasteiger partial charge in [0.2, 0.25) is 0 Å². The third-order valence-corrected chi connectivity index (χ3v) is 3.57. The molecule has 4 nitrogen and oxygen atoms in total. The Morgan fingerprint density at radius 1 is 1.44 bits per heavy atom. The predicted octanol–water partition coefficient (Wildman–Crippen LogP) is 2.01. The summed E-state index contributed by atoms with van der Waals surface area (Å²) in [5.41, 5.74) is 1.12. The number of hydrogen-bond donors (Lipinski definition) is 1. The van der Waals surface area contributed by atoms with E-state index in [9.17, 15) is 0 Å². The zero-order valence-corrected chi connectivity index (χ0v) is 11.7. The maximum Gasteiger partial charge on any atom is 0.132 e. The second-order valence-electron chi connectivity index (χ2n) is 5.26. The van der Waals surface area contributed by atoms with Gasteiger partial charge in [0.25, 0.3) is 0 Å². The van der Waals surface area contributed by atoms with Gasteiger partial charge in [-0.2, -0.15) is 0 Å². The zero-order chi connectivity index (χ0) is 13.0. The van der Waals surface area contributed by atoms with Gasteiger partial charge in [-0.05, 0) is 39.7 Å². The lowest BCUT2D eigenvalue weighted by molar-refractivity contribution is 0.548. The number of hydrogen-bond acceptors (Lipinski definition) is 4. The summed E-state index contributed by atoms with van der Waals surface area (Å²) in [5, 5.41) is 3.56. The van der Waals surface area contributed by atoms with Crippen molar-refractivity contribution in [3.63, 3.8) is 0 Å². The fourth-order valence-corrected chi connectivity index (χ4v) is 2.46. The minimum atomic E-state index is 0.465. The van der Waals surface area contributed by atoms with Gasteiger partial charge in [0, 0.05) is 30.4 Å². The van der Waals surface area contributed by atoms with Crippen molar-refractivity contribution >= 4 is 5.82 Å². The van der Waals surface area contributed by atoms with Crippen molar-refractivity contribution in [2.24, 2.45) is 0 Å². The van der Waals surface area contributed by atoms with Crippen molar-refractivity contribution in [1.82, 2.24) is 15.3 Å². The molecular weight excluding hydrogens is 224 g/mol. The molecule has 2 heterocycles. The highest BCUT2D eigenvalue weighted by Crippen LogP contribution is 2.17. The van der Waals surface area contributed by atoms with E-state index in [2.05, 4.69) is 47.0 Å². The fraction of sp³-hybridized carbons (Fsp3) is 0.714. The van der Waals surface area contributed by atoms with E-state index < -0.39 is 0 Å². The van der Waals surface area contributed by atoms with E-state index in [0.29, 0.717) is 12.1 Å². The van der Waals surface area contributed by atoms with Crippen LogP contribution in [0.3, 0.4) is 0 Å². The Kier molecular flexibility index (Phi) is 4.53. The molecule has 1 aromatic rings. The molecule has 1 saturated heterocycles. The van der Waals surface area contributed by atoms with Gasteiger partial charge in [-0.15, -0.1) is 0 Å². The molecule has 0 aromatic carbocycles. The maximum atomic E-state index is 4.44. The molecule has 4 heteroatoms. The Labute approximate surface area is 110 Å². The van der Waals surface area contributed by atoms with Gasteiger partial charge in [-0.1, -0.05) is 6.92 Å². The molecule has 1 atom stereocenters. The quantitative estimate of drug-likeness (QED) is 0.865. The van der Waals surface area contributed by atoms with E-state index in [-0.39, 0.29) is 0 Å². The van der Waals surface area contributed by atoms with Crippen LogP contribution in [0, 0.1) is 0 Å². The monoisotopic (exact) mass is 248 g/mol. The number of aromatic nitrogens is 2. The van der Waals surface area contributed by atoms with Crippen LogP contribution in [0.15, 0.2) is 12.4 Å². The van der Waals surface area contributed by atoms with E-state index >= 15 is 0 Å². The summed E-state index contributed by atoms with van der Waals surface area (Å²) in [4.78, 5) is 11.1. The van der Waals surface area contributed by atoms with Crippen molar-refractivity contribution in [2.75, 3.05) is 18.0 Å². The molecule has 1 aliphatic rings. The van der Waals surface area contributed by atoms with Gasteiger partial charge >= 0.3 is 0 Å². The first kappa shape index (κ1) is 13.3. The molecule has 100 valence electrons. The zero-order valence-electron chi connectivity index (χ0n) is 11.7. The molecule has 0 saturated carbocycles.